The van der Waals surface area contributed by atoms with E-state index in [1.54, 1.807) is 0 Å². The highest BCUT2D eigenvalue weighted by Crippen LogP contribution is 2.55. The lowest BCUT2D eigenvalue weighted by molar-refractivity contribution is -0.142. The number of allylic oxidation sites excluding steroid dienone is 4. The number of rotatable bonds is 4. The minimum Gasteiger partial charge on any atom is -0.336 e. The molecule has 26 heavy (non-hydrogen) atoms. The molecular weight excluding hydrogens is 325 g/mol. The van der Waals surface area contributed by atoms with Crippen LogP contribution < -0.4 is 0 Å². The van der Waals surface area contributed by atoms with Gasteiger partial charge in [-0.3, -0.25) is 4.79 Å². The number of hydrogen-bond acceptors (Lipinski definition) is 1. The van der Waals surface area contributed by atoms with Crippen molar-refractivity contribution in [2.24, 2.45) is 5.41 Å². The molecule has 1 aromatic carbocycles. The van der Waals surface area contributed by atoms with Crippen molar-refractivity contribution in [2.75, 3.05) is 6.54 Å². The zero-order valence-electron chi connectivity index (χ0n) is 15.8. The van der Waals surface area contributed by atoms with E-state index in [0.717, 1.165) is 32.2 Å². The van der Waals surface area contributed by atoms with Crippen LogP contribution in [-0.2, 0) is 11.2 Å². The van der Waals surface area contributed by atoms with Crippen LogP contribution in [0.5, 0.6) is 0 Å². The second-order valence-electron chi connectivity index (χ2n) is 8.81. The summed E-state index contributed by atoms with van der Waals surface area (Å²) in [6, 6.07) is 8.74. The number of alkyl halides is 1. The lowest BCUT2D eigenvalue weighted by Gasteiger charge is -2.29. The summed E-state index contributed by atoms with van der Waals surface area (Å²) in [6.45, 7) is 3.50. The molecule has 1 saturated heterocycles. The van der Waals surface area contributed by atoms with Crippen LogP contribution in [0.15, 0.2) is 42.5 Å². The molecule has 1 heterocycles. The Morgan fingerprint density at radius 3 is 2.77 bits per heavy atom. The normalized spacial score (nSPS) is 24.0. The molecule has 2 nitrogen and oxygen atoms in total. The van der Waals surface area contributed by atoms with Crippen molar-refractivity contribution in [3.8, 4) is 0 Å². The Morgan fingerprint density at radius 2 is 2.12 bits per heavy atom. The third kappa shape index (κ3) is 3.49. The highest BCUT2D eigenvalue weighted by molar-refractivity contribution is 5.85. The molecule has 1 aliphatic heterocycles. The average molecular weight is 353 g/mol. The highest BCUT2D eigenvalue weighted by Gasteiger charge is 2.54. The van der Waals surface area contributed by atoms with Crippen LogP contribution in [-0.4, -0.2) is 29.1 Å². The van der Waals surface area contributed by atoms with Gasteiger partial charge in [0.2, 0.25) is 0 Å². The van der Waals surface area contributed by atoms with Crippen molar-refractivity contribution in [3.63, 3.8) is 0 Å². The van der Waals surface area contributed by atoms with Gasteiger partial charge in [0.1, 0.15) is 0 Å². The van der Waals surface area contributed by atoms with Gasteiger partial charge in [-0.05, 0) is 74.5 Å². The second-order valence-corrected chi connectivity index (χ2v) is 8.81. The SMILES string of the molecule is CC(C)(F)C(=O)N1CC2(CC2)CC1Cc1cccc(C2=CCCC=C2)c1. The number of nitrogens with zero attached hydrogens (tertiary/aromatic N) is 1. The molecule has 138 valence electrons. The quantitative estimate of drug-likeness (QED) is 0.738. The predicted octanol–water partition coefficient (Wildman–Crippen LogP) is 5.09. The Morgan fingerprint density at radius 1 is 1.31 bits per heavy atom. The summed E-state index contributed by atoms with van der Waals surface area (Å²) >= 11 is 0. The maximum Gasteiger partial charge on any atom is 0.259 e. The summed E-state index contributed by atoms with van der Waals surface area (Å²) in [4.78, 5) is 14.5. The second kappa shape index (κ2) is 6.37. The number of likely N-dealkylation sites (tertiary alicyclic amines) is 1. The first-order valence-corrected chi connectivity index (χ1v) is 9.82. The molecule has 1 unspecified atom stereocenters. The van der Waals surface area contributed by atoms with E-state index in [1.165, 1.54) is 43.4 Å². The van der Waals surface area contributed by atoms with Crippen molar-refractivity contribution in [1.82, 2.24) is 4.90 Å². The molecular formula is C23H28FNO. The molecule has 3 aliphatic rings. The molecule has 1 aromatic rings. The zero-order chi connectivity index (χ0) is 18.4. The molecule has 0 radical (unpaired) electrons. The smallest absolute Gasteiger partial charge is 0.259 e. The average Bonchev–Trinajstić information content (AvgIpc) is 3.28. The van der Waals surface area contributed by atoms with E-state index in [0.29, 0.717) is 0 Å². The first-order chi connectivity index (χ1) is 12.4. The van der Waals surface area contributed by atoms with Crippen LogP contribution in [0.4, 0.5) is 4.39 Å². The molecule has 0 aromatic heterocycles. The third-order valence-electron chi connectivity index (χ3n) is 6.07. The van der Waals surface area contributed by atoms with E-state index in [4.69, 9.17) is 0 Å². The van der Waals surface area contributed by atoms with E-state index in [-0.39, 0.29) is 17.4 Å². The summed E-state index contributed by atoms with van der Waals surface area (Å²) < 4.78 is 14.3. The van der Waals surface area contributed by atoms with Crippen molar-refractivity contribution in [3.05, 3.63) is 53.6 Å². The van der Waals surface area contributed by atoms with E-state index in [1.807, 2.05) is 4.90 Å². The van der Waals surface area contributed by atoms with Crippen LogP contribution in [0.1, 0.15) is 57.1 Å². The fourth-order valence-electron chi connectivity index (χ4n) is 4.44. The summed E-state index contributed by atoms with van der Waals surface area (Å²) in [5.74, 6) is -0.347. The summed E-state index contributed by atoms with van der Waals surface area (Å²) in [5.41, 5.74) is 2.23. The Kier molecular flexibility index (Phi) is 4.29. The number of carbonyl (C=O) groups excluding carboxylic acids is 1. The topological polar surface area (TPSA) is 20.3 Å². The molecule has 2 aliphatic carbocycles. The van der Waals surface area contributed by atoms with Crippen molar-refractivity contribution < 1.29 is 9.18 Å². The molecule has 2 fully saturated rings. The summed E-state index contributed by atoms with van der Waals surface area (Å²) in [6.07, 6.45) is 13.1. The van der Waals surface area contributed by atoms with Gasteiger partial charge in [-0.25, -0.2) is 4.39 Å². The van der Waals surface area contributed by atoms with Crippen LogP contribution in [0.2, 0.25) is 0 Å². The minimum absolute atomic E-state index is 0.117. The monoisotopic (exact) mass is 353 g/mol. The van der Waals surface area contributed by atoms with Gasteiger partial charge >= 0.3 is 0 Å². The first-order valence-electron chi connectivity index (χ1n) is 9.82. The molecule has 1 spiro atoms. The Balaban J connectivity index is 1.54. The van der Waals surface area contributed by atoms with Gasteiger partial charge in [0.15, 0.2) is 5.67 Å². The minimum atomic E-state index is -1.79. The molecule has 0 bridgehead atoms. The largest absolute Gasteiger partial charge is 0.336 e. The Bertz CT molecular complexity index is 767. The fourth-order valence-corrected chi connectivity index (χ4v) is 4.44. The Hall–Kier alpha value is -1.90. The van der Waals surface area contributed by atoms with E-state index >= 15 is 0 Å². The molecule has 1 amide bonds. The predicted molar refractivity (Wildman–Crippen MR) is 103 cm³/mol. The van der Waals surface area contributed by atoms with Crippen LogP contribution in [0.3, 0.4) is 0 Å². The number of benzene rings is 1. The van der Waals surface area contributed by atoms with Crippen molar-refractivity contribution in [2.45, 2.75) is 64.1 Å². The Labute approximate surface area is 155 Å². The van der Waals surface area contributed by atoms with Crippen molar-refractivity contribution >= 4 is 11.5 Å². The molecule has 4 rings (SSSR count). The maximum absolute atomic E-state index is 14.3. The van der Waals surface area contributed by atoms with Gasteiger partial charge in [0, 0.05) is 12.6 Å². The van der Waals surface area contributed by atoms with Gasteiger partial charge in [0.05, 0.1) is 0 Å². The lowest BCUT2D eigenvalue weighted by Crippen LogP contribution is -2.46. The standard InChI is InChI=1S/C23H28FNO/c1-22(2,24)21(26)25-16-23(11-12-23)15-20(25)14-17-7-6-10-19(13-17)18-8-4-3-5-9-18/h4,6-10,13,20H,3,5,11-12,14-16H2,1-2H3. The maximum atomic E-state index is 14.3. The zero-order valence-corrected chi connectivity index (χ0v) is 15.8. The van der Waals surface area contributed by atoms with E-state index in [9.17, 15) is 9.18 Å². The van der Waals surface area contributed by atoms with E-state index < -0.39 is 5.67 Å². The molecule has 3 heteroatoms. The molecule has 0 N–H and O–H groups in total. The summed E-state index contributed by atoms with van der Waals surface area (Å²) in [5, 5.41) is 0. The van der Waals surface area contributed by atoms with E-state index in [2.05, 4.69) is 42.5 Å². The fraction of sp³-hybridized carbons (Fsp3) is 0.522. The van der Waals surface area contributed by atoms with Crippen molar-refractivity contribution in [1.29, 1.82) is 0 Å². The third-order valence-corrected chi connectivity index (χ3v) is 6.07. The van der Waals surface area contributed by atoms with Gasteiger partial charge in [-0.15, -0.1) is 0 Å². The van der Waals surface area contributed by atoms with Gasteiger partial charge < -0.3 is 4.90 Å². The molecule has 1 saturated carbocycles. The van der Waals surface area contributed by atoms with Gasteiger partial charge in [-0.2, -0.15) is 0 Å². The number of halogens is 1. The van der Waals surface area contributed by atoms with Crippen LogP contribution in [0.25, 0.3) is 5.57 Å². The first kappa shape index (κ1) is 17.5. The lowest BCUT2D eigenvalue weighted by atomic mass is 9.94. The molecule has 1 atom stereocenters. The van der Waals surface area contributed by atoms with Crippen LogP contribution in [0, 0.1) is 5.41 Å². The number of carbonyl (C=O) groups is 1. The van der Waals surface area contributed by atoms with Gasteiger partial charge in [0.25, 0.3) is 5.91 Å². The number of hydrogen-bond donors (Lipinski definition) is 0. The number of amides is 1. The van der Waals surface area contributed by atoms with Gasteiger partial charge in [-0.1, -0.05) is 42.5 Å². The summed E-state index contributed by atoms with van der Waals surface area (Å²) in [7, 11) is 0. The highest BCUT2D eigenvalue weighted by atomic mass is 19.1. The van der Waals surface area contributed by atoms with Crippen LogP contribution >= 0.6 is 0 Å².